The van der Waals surface area contributed by atoms with Gasteiger partial charge in [0.1, 0.15) is 11.5 Å². The second-order valence-electron chi connectivity index (χ2n) is 7.25. The summed E-state index contributed by atoms with van der Waals surface area (Å²) in [4.78, 5) is 18.8. The smallest absolute Gasteiger partial charge is 0.259 e. The van der Waals surface area contributed by atoms with Crippen LogP contribution >= 0.6 is 0 Å². The number of hydrogen-bond acceptors (Lipinski definition) is 5. The molecule has 0 N–H and O–H groups in total. The minimum Gasteiger partial charge on any atom is -0.496 e. The number of fused-ring (bicyclic) bond motifs is 1. The molecule has 148 valence electrons. The molecular formula is C22H27N3O3. The fraction of sp³-hybridized carbons (Fsp3) is 0.364. The summed E-state index contributed by atoms with van der Waals surface area (Å²) in [6.07, 6.45) is 5.16. The molecule has 0 fully saturated rings. The van der Waals surface area contributed by atoms with Crippen LogP contribution in [0.3, 0.4) is 0 Å². The van der Waals surface area contributed by atoms with Crippen LogP contribution in [0.15, 0.2) is 41.6 Å². The van der Waals surface area contributed by atoms with Crippen molar-refractivity contribution >= 4 is 10.8 Å². The molecule has 6 nitrogen and oxygen atoms in total. The minimum atomic E-state index is -0.0686. The minimum absolute atomic E-state index is 0.0686. The van der Waals surface area contributed by atoms with E-state index in [9.17, 15) is 4.79 Å². The molecule has 2 heterocycles. The number of rotatable bonds is 6. The largest absolute Gasteiger partial charge is 0.496 e. The van der Waals surface area contributed by atoms with Crippen LogP contribution in [0, 0.1) is 0 Å². The van der Waals surface area contributed by atoms with Crippen LogP contribution in [-0.4, -0.2) is 41.8 Å². The van der Waals surface area contributed by atoms with Gasteiger partial charge in [0.2, 0.25) is 0 Å². The fourth-order valence-corrected chi connectivity index (χ4v) is 3.27. The number of pyridine rings is 2. The van der Waals surface area contributed by atoms with Crippen molar-refractivity contribution in [2.24, 2.45) is 7.05 Å². The molecule has 3 aromatic rings. The predicted octanol–water partition coefficient (Wildman–Crippen LogP) is 3.46. The molecule has 0 aliphatic heterocycles. The molecule has 2 aromatic heterocycles. The number of hydrogen-bond donors (Lipinski definition) is 0. The molecule has 3 rings (SSSR count). The third kappa shape index (κ3) is 3.60. The molecule has 0 bridgehead atoms. The first-order chi connectivity index (χ1) is 13.4. The van der Waals surface area contributed by atoms with Crippen LogP contribution in [0.5, 0.6) is 11.5 Å². The summed E-state index contributed by atoms with van der Waals surface area (Å²) in [6, 6.07) is 6.28. The van der Waals surface area contributed by atoms with Crippen molar-refractivity contribution in [3.05, 3.63) is 52.7 Å². The second-order valence-corrected chi connectivity index (χ2v) is 7.25. The van der Waals surface area contributed by atoms with E-state index in [1.54, 1.807) is 38.2 Å². The Morgan fingerprint density at radius 3 is 2.36 bits per heavy atom. The molecule has 28 heavy (non-hydrogen) atoms. The highest BCUT2D eigenvalue weighted by Crippen LogP contribution is 2.37. The maximum absolute atomic E-state index is 12.5. The van der Waals surface area contributed by atoms with Gasteiger partial charge in [-0.3, -0.25) is 14.7 Å². The number of aromatic nitrogens is 2. The summed E-state index contributed by atoms with van der Waals surface area (Å²) < 4.78 is 13.0. The molecule has 6 heteroatoms. The van der Waals surface area contributed by atoms with Crippen molar-refractivity contribution in [2.75, 3.05) is 21.3 Å². The van der Waals surface area contributed by atoms with Gasteiger partial charge in [0.15, 0.2) is 0 Å². The third-order valence-corrected chi connectivity index (χ3v) is 5.19. The van der Waals surface area contributed by atoms with E-state index < -0.39 is 0 Å². The Morgan fingerprint density at radius 1 is 1.14 bits per heavy atom. The van der Waals surface area contributed by atoms with Gasteiger partial charge in [-0.15, -0.1) is 0 Å². The molecule has 0 saturated carbocycles. The highest BCUT2D eigenvalue weighted by atomic mass is 16.5. The SMILES string of the molecule is COc1cc(-c2cn(C)c(=O)c3cnccc23)cc(OC)c1CN(C)C(C)C. The van der Waals surface area contributed by atoms with Gasteiger partial charge in [0.05, 0.1) is 25.2 Å². The molecule has 0 aliphatic carbocycles. The van der Waals surface area contributed by atoms with E-state index in [0.717, 1.165) is 33.6 Å². The quantitative estimate of drug-likeness (QED) is 0.655. The van der Waals surface area contributed by atoms with E-state index in [0.29, 0.717) is 18.0 Å². The van der Waals surface area contributed by atoms with Crippen LogP contribution in [0.2, 0.25) is 0 Å². The Balaban J connectivity index is 2.23. The Morgan fingerprint density at radius 2 is 1.79 bits per heavy atom. The van der Waals surface area contributed by atoms with Gasteiger partial charge in [-0.05, 0) is 50.0 Å². The van der Waals surface area contributed by atoms with Gasteiger partial charge >= 0.3 is 0 Å². The van der Waals surface area contributed by atoms with Crippen molar-refractivity contribution in [3.8, 4) is 22.6 Å². The second kappa shape index (κ2) is 8.02. The lowest BCUT2D eigenvalue weighted by Gasteiger charge is -2.24. The van der Waals surface area contributed by atoms with Crippen LogP contribution in [0.4, 0.5) is 0 Å². The standard InChI is InChI=1S/C22H27N3O3/c1-14(2)24(3)13-19-20(27-5)9-15(10-21(19)28-6)18-12-25(4)22(26)17-11-23-8-7-16(17)18/h7-12,14H,13H2,1-6H3. The highest BCUT2D eigenvalue weighted by molar-refractivity contribution is 5.95. The average Bonchev–Trinajstić information content (AvgIpc) is 2.70. The maximum Gasteiger partial charge on any atom is 0.259 e. The lowest BCUT2D eigenvalue weighted by molar-refractivity contribution is 0.256. The Labute approximate surface area is 165 Å². The molecule has 0 saturated heterocycles. The lowest BCUT2D eigenvalue weighted by atomic mass is 9.99. The maximum atomic E-state index is 12.5. The van der Waals surface area contributed by atoms with Gasteiger partial charge < -0.3 is 14.0 Å². The van der Waals surface area contributed by atoms with E-state index in [2.05, 4.69) is 30.8 Å². The summed E-state index contributed by atoms with van der Waals surface area (Å²) in [6.45, 7) is 5.01. The van der Waals surface area contributed by atoms with Crippen molar-refractivity contribution in [1.82, 2.24) is 14.5 Å². The van der Waals surface area contributed by atoms with Gasteiger partial charge in [-0.25, -0.2) is 0 Å². The topological polar surface area (TPSA) is 56.6 Å². The first kappa shape index (κ1) is 19.9. The number of aryl methyl sites for hydroxylation is 1. The van der Waals surface area contributed by atoms with Gasteiger partial charge in [-0.1, -0.05) is 0 Å². The lowest BCUT2D eigenvalue weighted by Crippen LogP contribution is -2.26. The van der Waals surface area contributed by atoms with Crippen molar-refractivity contribution < 1.29 is 9.47 Å². The molecule has 0 spiro atoms. The summed E-state index contributed by atoms with van der Waals surface area (Å²) >= 11 is 0. The summed E-state index contributed by atoms with van der Waals surface area (Å²) in [5, 5.41) is 1.44. The normalized spacial score (nSPS) is 11.4. The van der Waals surface area contributed by atoms with Crippen molar-refractivity contribution in [2.45, 2.75) is 26.4 Å². The fourth-order valence-electron chi connectivity index (χ4n) is 3.27. The van der Waals surface area contributed by atoms with Crippen LogP contribution < -0.4 is 15.0 Å². The molecule has 0 unspecified atom stereocenters. The van der Waals surface area contributed by atoms with E-state index in [-0.39, 0.29) is 5.56 Å². The first-order valence-electron chi connectivity index (χ1n) is 9.26. The van der Waals surface area contributed by atoms with Gasteiger partial charge in [-0.2, -0.15) is 0 Å². The molecule has 0 aliphatic rings. The predicted molar refractivity (Wildman–Crippen MR) is 112 cm³/mol. The molecule has 1 aromatic carbocycles. The Bertz CT molecular complexity index is 1030. The summed E-state index contributed by atoms with van der Waals surface area (Å²) in [5.74, 6) is 1.52. The van der Waals surface area contributed by atoms with E-state index in [4.69, 9.17) is 9.47 Å². The first-order valence-corrected chi connectivity index (χ1v) is 9.26. The number of benzene rings is 1. The Hall–Kier alpha value is -2.86. The van der Waals surface area contributed by atoms with E-state index in [1.807, 2.05) is 24.4 Å². The van der Waals surface area contributed by atoms with Crippen LogP contribution in [0.1, 0.15) is 19.4 Å². The molecule has 0 atom stereocenters. The summed E-state index contributed by atoms with van der Waals surface area (Å²) in [5.41, 5.74) is 2.79. The van der Waals surface area contributed by atoms with E-state index in [1.165, 1.54) is 0 Å². The van der Waals surface area contributed by atoms with E-state index >= 15 is 0 Å². The summed E-state index contributed by atoms with van der Waals surface area (Å²) in [7, 11) is 7.16. The van der Waals surface area contributed by atoms with Gasteiger partial charge in [0.25, 0.3) is 5.56 Å². The molecule has 0 amide bonds. The molecular weight excluding hydrogens is 354 g/mol. The van der Waals surface area contributed by atoms with Crippen molar-refractivity contribution in [3.63, 3.8) is 0 Å². The number of methoxy groups -OCH3 is 2. The van der Waals surface area contributed by atoms with Crippen LogP contribution in [0.25, 0.3) is 21.9 Å². The number of ether oxygens (including phenoxy) is 2. The zero-order valence-electron chi connectivity index (χ0n) is 17.3. The zero-order valence-corrected chi connectivity index (χ0v) is 17.3. The number of nitrogens with zero attached hydrogens (tertiary/aromatic N) is 3. The highest BCUT2D eigenvalue weighted by Gasteiger charge is 2.18. The van der Waals surface area contributed by atoms with Gasteiger partial charge in [0, 0.05) is 43.8 Å². The van der Waals surface area contributed by atoms with Crippen molar-refractivity contribution in [1.29, 1.82) is 0 Å². The van der Waals surface area contributed by atoms with Crippen LogP contribution in [-0.2, 0) is 13.6 Å². The monoisotopic (exact) mass is 381 g/mol. The average molecular weight is 381 g/mol. The Kier molecular flexibility index (Phi) is 5.70. The molecule has 0 radical (unpaired) electrons. The zero-order chi connectivity index (χ0) is 20.4. The third-order valence-electron chi connectivity index (χ3n) is 5.19.